The standard InChI is InChI=1S/C15H17BrN2O2S/c1-10-6-11(2)8-13(7-10)18(3)21(19,20)15-5-4-12(16)9-14(15)17/h4-9H,17H2,1-3H3. The topological polar surface area (TPSA) is 63.4 Å². The molecule has 0 unspecified atom stereocenters. The highest BCUT2D eigenvalue weighted by molar-refractivity contribution is 9.10. The molecule has 2 aromatic rings. The third-order valence-corrected chi connectivity index (χ3v) is 5.53. The van der Waals surface area contributed by atoms with Crippen LogP contribution in [0.2, 0.25) is 0 Å². The van der Waals surface area contributed by atoms with Crippen molar-refractivity contribution >= 4 is 37.3 Å². The van der Waals surface area contributed by atoms with E-state index in [1.807, 2.05) is 32.0 Å². The van der Waals surface area contributed by atoms with Gasteiger partial charge in [0.15, 0.2) is 0 Å². The average Bonchev–Trinajstić information content (AvgIpc) is 2.36. The average molecular weight is 369 g/mol. The van der Waals surface area contributed by atoms with Gasteiger partial charge in [-0.15, -0.1) is 0 Å². The molecule has 0 atom stereocenters. The molecule has 0 aliphatic carbocycles. The molecule has 0 spiro atoms. The van der Waals surface area contributed by atoms with E-state index in [1.54, 1.807) is 12.1 Å². The fraction of sp³-hybridized carbons (Fsp3) is 0.200. The largest absolute Gasteiger partial charge is 0.398 e. The minimum absolute atomic E-state index is 0.104. The van der Waals surface area contributed by atoms with Gasteiger partial charge in [-0.2, -0.15) is 0 Å². The molecule has 0 bridgehead atoms. The lowest BCUT2D eigenvalue weighted by atomic mass is 10.1. The third kappa shape index (κ3) is 3.22. The molecule has 0 aromatic heterocycles. The first-order valence-corrected chi connectivity index (χ1v) is 8.57. The lowest BCUT2D eigenvalue weighted by Gasteiger charge is -2.21. The Morgan fingerprint density at radius 1 is 1.05 bits per heavy atom. The van der Waals surface area contributed by atoms with Crippen molar-refractivity contribution in [3.63, 3.8) is 0 Å². The Morgan fingerprint density at radius 2 is 1.62 bits per heavy atom. The van der Waals surface area contributed by atoms with Gasteiger partial charge in [0.1, 0.15) is 4.90 Å². The lowest BCUT2D eigenvalue weighted by molar-refractivity contribution is 0.595. The van der Waals surface area contributed by atoms with Crippen LogP contribution >= 0.6 is 15.9 Å². The van der Waals surface area contributed by atoms with Gasteiger partial charge in [0.25, 0.3) is 10.0 Å². The number of halogens is 1. The van der Waals surface area contributed by atoms with Gasteiger partial charge in [-0.1, -0.05) is 22.0 Å². The number of benzene rings is 2. The summed E-state index contributed by atoms with van der Waals surface area (Å²) in [6.07, 6.45) is 0. The molecule has 0 amide bonds. The van der Waals surface area contributed by atoms with Gasteiger partial charge in [-0.05, 0) is 55.3 Å². The van der Waals surface area contributed by atoms with Gasteiger partial charge in [-0.25, -0.2) is 8.42 Å². The molecule has 2 aromatic carbocycles. The van der Waals surface area contributed by atoms with Crippen molar-refractivity contribution in [1.82, 2.24) is 0 Å². The van der Waals surface area contributed by atoms with Gasteiger partial charge < -0.3 is 5.73 Å². The Morgan fingerprint density at radius 3 is 2.14 bits per heavy atom. The van der Waals surface area contributed by atoms with Crippen LogP contribution in [0.15, 0.2) is 45.8 Å². The summed E-state index contributed by atoms with van der Waals surface area (Å²) in [5, 5.41) is 0. The van der Waals surface area contributed by atoms with Crippen molar-refractivity contribution < 1.29 is 8.42 Å². The molecular weight excluding hydrogens is 352 g/mol. The van der Waals surface area contributed by atoms with Gasteiger partial charge in [-0.3, -0.25) is 4.31 Å². The molecule has 2 N–H and O–H groups in total. The van der Waals surface area contributed by atoms with E-state index in [9.17, 15) is 8.42 Å². The Kier molecular flexibility index (Phi) is 4.30. The van der Waals surface area contributed by atoms with Crippen LogP contribution in [0, 0.1) is 13.8 Å². The van der Waals surface area contributed by atoms with Crippen LogP contribution in [0.4, 0.5) is 11.4 Å². The first kappa shape index (κ1) is 15.9. The Bertz CT molecular complexity index is 768. The van der Waals surface area contributed by atoms with Gasteiger partial charge in [0.2, 0.25) is 0 Å². The smallest absolute Gasteiger partial charge is 0.266 e. The second-order valence-electron chi connectivity index (χ2n) is 5.00. The number of anilines is 2. The Hall–Kier alpha value is -1.53. The maximum absolute atomic E-state index is 12.7. The minimum atomic E-state index is -3.69. The molecule has 4 nitrogen and oxygen atoms in total. The number of hydrogen-bond donors (Lipinski definition) is 1. The van der Waals surface area contributed by atoms with E-state index in [0.29, 0.717) is 5.69 Å². The zero-order valence-electron chi connectivity index (χ0n) is 12.1. The molecular formula is C15H17BrN2O2S. The van der Waals surface area contributed by atoms with Gasteiger partial charge in [0.05, 0.1) is 11.4 Å². The van der Waals surface area contributed by atoms with Crippen molar-refractivity contribution in [2.45, 2.75) is 18.7 Å². The highest BCUT2D eigenvalue weighted by Crippen LogP contribution is 2.29. The first-order chi connectivity index (χ1) is 9.71. The molecule has 112 valence electrons. The molecule has 0 fully saturated rings. The second-order valence-corrected chi connectivity index (χ2v) is 7.85. The number of sulfonamides is 1. The van der Waals surface area contributed by atoms with E-state index in [-0.39, 0.29) is 10.6 Å². The summed E-state index contributed by atoms with van der Waals surface area (Å²) in [6.45, 7) is 3.87. The first-order valence-electron chi connectivity index (χ1n) is 6.34. The number of aryl methyl sites for hydroxylation is 2. The maximum atomic E-state index is 12.7. The Labute approximate surface area is 133 Å². The molecule has 0 heterocycles. The van der Waals surface area contributed by atoms with Crippen molar-refractivity contribution in [2.75, 3.05) is 17.1 Å². The fourth-order valence-corrected chi connectivity index (χ4v) is 3.83. The van der Waals surface area contributed by atoms with E-state index >= 15 is 0 Å². The van der Waals surface area contributed by atoms with Gasteiger partial charge >= 0.3 is 0 Å². The van der Waals surface area contributed by atoms with Crippen LogP contribution in [-0.4, -0.2) is 15.5 Å². The highest BCUT2D eigenvalue weighted by atomic mass is 79.9. The summed E-state index contributed by atoms with van der Waals surface area (Å²) in [5.41, 5.74) is 8.71. The van der Waals surface area contributed by atoms with Crippen LogP contribution in [0.25, 0.3) is 0 Å². The number of nitrogens with zero attached hydrogens (tertiary/aromatic N) is 1. The molecule has 0 radical (unpaired) electrons. The zero-order valence-corrected chi connectivity index (χ0v) is 14.5. The summed E-state index contributed by atoms with van der Waals surface area (Å²) in [6, 6.07) is 10.4. The molecule has 2 rings (SSSR count). The second kappa shape index (κ2) is 5.69. The number of hydrogen-bond acceptors (Lipinski definition) is 3. The SMILES string of the molecule is Cc1cc(C)cc(N(C)S(=O)(=O)c2ccc(Br)cc2N)c1. The summed E-state index contributed by atoms with van der Waals surface area (Å²) in [4.78, 5) is 0.104. The quantitative estimate of drug-likeness (QED) is 0.843. The predicted molar refractivity (Wildman–Crippen MR) is 90.1 cm³/mol. The maximum Gasteiger partial charge on any atom is 0.266 e. The van der Waals surface area contributed by atoms with Crippen molar-refractivity contribution in [1.29, 1.82) is 0 Å². The molecule has 0 saturated heterocycles. The van der Waals surface area contributed by atoms with E-state index in [2.05, 4.69) is 15.9 Å². The van der Waals surface area contributed by atoms with Crippen molar-refractivity contribution in [3.05, 3.63) is 52.0 Å². The van der Waals surface area contributed by atoms with Crippen LogP contribution < -0.4 is 10.0 Å². The third-order valence-electron chi connectivity index (χ3n) is 3.18. The van der Waals surface area contributed by atoms with E-state index in [4.69, 9.17) is 5.73 Å². The predicted octanol–water partition coefficient (Wildman–Crippen LogP) is 3.47. The summed E-state index contributed by atoms with van der Waals surface area (Å²) >= 11 is 3.28. The van der Waals surface area contributed by atoms with E-state index in [1.165, 1.54) is 17.4 Å². The highest BCUT2D eigenvalue weighted by Gasteiger charge is 2.24. The molecule has 21 heavy (non-hydrogen) atoms. The Balaban J connectivity index is 2.52. The summed E-state index contributed by atoms with van der Waals surface area (Å²) in [5.74, 6) is 0. The number of rotatable bonds is 3. The van der Waals surface area contributed by atoms with Crippen LogP contribution in [0.1, 0.15) is 11.1 Å². The van der Waals surface area contributed by atoms with Crippen molar-refractivity contribution in [3.8, 4) is 0 Å². The number of nitrogen functional groups attached to an aromatic ring is 1. The minimum Gasteiger partial charge on any atom is -0.398 e. The molecule has 0 aliphatic heterocycles. The molecule has 0 aliphatic rings. The van der Waals surface area contributed by atoms with E-state index in [0.717, 1.165) is 15.6 Å². The van der Waals surface area contributed by atoms with Crippen LogP contribution in [0.5, 0.6) is 0 Å². The zero-order chi connectivity index (χ0) is 15.8. The van der Waals surface area contributed by atoms with Crippen molar-refractivity contribution in [2.24, 2.45) is 0 Å². The summed E-state index contributed by atoms with van der Waals surface area (Å²) < 4.78 is 27.4. The normalized spacial score (nSPS) is 11.4. The molecule has 6 heteroatoms. The number of nitrogens with two attached hydrogens (primary N) is 1. The molecule has 0 saturated carbocycles. The summed E-state index contributed by atoms with van der Waals surface area (Å²) in [7, 11) is -2.15. The van der Waals surface area contributed by atoms with Gasteiger partial charge in [0, 0.05) is 11.5 Å². The van der Waals surface area contributed by atoms with E-state index < -0.39 is 10.0 Å². The fourth-order valence-electron chi connectivity index (χ4n) is 2.17. The van der Waals surface area contributed by atoms with Crippen LogP contribution in [0.3, 0.4) is 0 Å². The lowest BCUT2D eigenvalue weighted by Crippen LogP contribution is -2.27. The van der Waals surface area contributed by atoms with Crippen LogP contribution in [-0.2, 0) is 10.0 Å². The monoisotopic (exact) mass is 368 g/mol.